The zero-order chi connectivity index (χ0) is 20.1. The Kier molecular flexibility index (Phi) is 5.45. The Labute approximate surface area is 162 Å². The lowest BCUT2D eigenvalue weighted by atomic mass is 9.90. The number of nitrogens with zero attached hydrogens (tertiary/aromatic N) is 2. The van der Waals surface area contributed by atoms with E-state index < -0.39 is 11.9 Å². The Morgan fingerprint density at radius 3 is 3.00 bits per heavy atom. The predicted molar refractivity (Wildman–Crippen MR) is 103 cm³/mol. The number of allylic oxidation sites excluding steroid dienone is 5. The average Bonchev–Trinajstić information content (AvgIpc) is 2.71. The van der Waals surface area contributed by atoms with Gasteiger partial charge in [-0.05, 0) is 13.0 Å². The van der Waals surface area contributed by atoms with Crippen LogP contribution >= 0.6 is 0 Å². The van der Waals surface area contributed by atoms with Crippen LogP contribution in [0.1, 0.15) is 18.1 Å². The Balaban J connectivity index is 1.84. The molecule has 3 rings (SSSR count). The molecular formula is C21H17N4O3+. The van der Waals surface area contributed by atoms with Crippen LogP contribution in [0.5, 0.6) is 0 Å². The zero-order valence-electron chi connectivity index (χ0n) is 15.2. The standard InChI is InChI=1S/C21H16N4O3/c1-13(2)21(27)28-10-9-24-20(26)16(11-22)19-15-7-8-23-12-17(15)14-5-3-4-6-18(14)25-19/h3,5-8,12H,1,9-10H2,2H3,(H-,24,25,26)/p+1. The molecule has 0 spiro atoms. The highest BCUT2D eigenvalue weighted by atomic mass is 16.5. The van der Waals surface area contributed by atoms with E-state index in [-0.39, 0.29) is 24.3 Å². The second-order valence-corrected chi connectivity index (χ2v) is 6.05. The van der Waals surface area contributed by atoms with E-state index in [1.54, 1.807) is 30.6 Å². The second-order valence-electron chi connectivity index (χ2n) is 6.05. The molecule has 1 aliphatic heterocycles. The summed E-state index contributed by atoms with van der Waals surface area (Å²) in [5.74, 6) is -1.10. The number of aromatic nitrogens is 1. The first kappa shape index (κ1) is 18.8. The van der Waals surface area contributed by atoms with Crippen molar-refractivity contribution in [3.05, 3.63) is 77.3 Å². The highest BCUT2D eigenvalue weighted by Crippen LogP contribution is 2.35. The largest absolute Gasteiger partial charge is 0.460 e. The van der Waals surface area contributed by atoms with Gasteiger partial charge in [-0.1, -0.05) is 6.58 Å². The molecule has 7 nitrogen and oxygen atoms in total. The number of carbonyl (C=O) groups is 2. The number of pyridine rings is 1. The van der Waals surface area contributed by atoms with E-state index in [0.717, 1.165) is 16.8 Å². The van der Waals surface area contributed by atoms with E-state index in [1.807, 2.05) is 12.1 Å². The van der Waals surface area contributed by atoms with Gasteiger partial charge >= 0.3 is 5.97 Å². The molecular weight excluding hydrogens is 356 g/mol. The third-order valence-corrected chi connectivity index (χ3v) is 4.06. The van der Waals surface area contributed by atoms with Crippen LogP contribution in [0.15, 0.2) is 60.1 Å². The van der Waals surface area contributed by atoms with Gasteiger partial charge < -0.3 is 10.1 Å². The maximum absolute atomic E-state index is 12.6. The molecule has 2 heterocycles. The lowest BCUT2D eigenvalue weighted by molar-refractivity contribution is -0.139. The molecule has 1 aromatic rings. The van der Waals surface area contributed by atoms with Crippen LogP contribution in [0.4, 0.5) is 0 Å². The summed E-state index contributed by atoms with van der Waals surface area (Å²) in [5, 5.41) is 15.4. The van der Waals surface area contributed by atoms with Gasteiger partial charge in [0.05, 0.1) is 18.3 Å². The number of ether oxygens (including phenoxy) is 1. The van der Waals surface area contributed by atoms with Gasteiger partial charge in [-0.25, -0.2) is 4.79 Å². The highest BCUT2D eigenvalue weighted by molar-refractivity contribution is 6.07. The van der Waals surface area contributed by atoms with Crippen molar-refractivity contribution in [2.45, 2.75) is 6.92 Å². The Hall–Kier alpha value is -4.01. The number of nitriles is 1. The van der Waals surface area contributed by atoms with E-state index in [4.69, 9.17) is 4.74 Å². The fourth-order valence-electron chi connectivity index (χ4n) is 2.74. The number of fused-ring (bicyclic) bond motifs is 2. The third-order valence-electron chi connectivity index (χ3n) is 4.06. The van der Waals surface area contributed by atoms with E-state index in [1.165, 1.54) is 6.92 Å². The summed E-state index contributed by atoms with van der Waals surface area (Å²) >= 11 is 0. The van der Waals surface area contributed by atoms with Crippen LogP contribution in [0.2, 0.25) is 0 Å². The van der Waals surface area contributed by atoms with Crippen molar-refractivity contribution in [1.82, 2.24) is 15.6 Å². The molecule has 0 aromatic carbocycles. The van der Waals surface area contributed by atoms with Crippen LogP contribution < -0.4 is 10.6 Å². The van der Waals surface area contributed by atoms with Gasteiger partial charge in [0.2, 0.25) is 0 Å². The number of carbonyl (C=O) groups excluding carboxylic acids is 2. The van der Waals surface area contributed by atoms with Crippen molar-refractivity contribution in [2.24, 2.45) is 0 Å². The Morgan fingerprint density at radius 1 is 1.43 bits per heavy atom. The average molecular weight is 373 g/mol. The second kappa shape index (κ2) is 8.12. The van der Waals surface area contributed by atoms with Gasteiger partial charge in [-0.15, -0.1) is 0 Å². The van der Waals surface area contributed by atoms with Crippen LogP contribution in [0, 0.1) is 17.4 Å². The van der Waals surface area contributed by atoms with E-state index in [9.17, 15) is 14.9 Å². The molecule has 1 aliphatic carbocycles. The molecule has 7 heteroatoms. The lowest BCUT2D eigenvalue weighted by Crippen LogP contribution is -2.31. The van der Waals surface area contributed by atoms with Gasteiger partial charge in [-0.2, -0.15) is 5.26 Å². The van der Waals surface area contributed by atoms with Gasteiger partial charge in [0.15, 0.2) is 5.70 Å². The number of amides is 1. The topological polar surface area (TPSA) is 104 Å². The first-order valence-corrected chi connectivity index (χ1v) is 8.50. The fourth-order valence-corrected chi connectivity index (χ4v) is 2.74. The smallest absolute Gasteiger partial charge is 0.333 e. The van der Waals surface area contributed by atoms with Gasteiger partial charge in [-0.3, -0.25) is 15.1 Å². The van der Waals surface area contributed by atoms with Crippen LogP contribution in [0.25, 0.3) is 11.3 Å². The summed E-state index contributed by atoms with van der Waals surface area (Å²) in [5.41, 5.74) is 3.75. The van der Waals surface area contributed by atoms with Crippen molar-refractivity contribution in [3.8, 4) is 6.07 Å². The first-order chi connectivity index (χ1) is 13.5. The molecule has 0 radical (unpaired) electrons. The maximum Gasteiger partial charge on any atom is 0.333 e. The first-order valence-electron chi connectivity index (χ1n) is 8.50. The van der Waals surface area contributed by atoms with E-state index >= 15 is 0 Å². The Bertz CT molecular complexity index is 1020. The van der Waals surface area contributed by atoms with E-state index in [2.05, 4.69) is 28.3 Å². The molecule has 1 amide bonds. The molecule has 0 saturated carbocycles. The minimum Gasteiger partial charge on any atom is -0.460 e. The summed E-state index contributed by atoms with van der Waals surface area (Å²) in [6.07, 6.45) is 11.7. The van der Waals surface area contributed by atoms with Gasteiger partial charge in [0, 0.05) is 35.2 Å². The maximum atomic E-state index is 12.6. The van der Waals surface area contributed by atoms with E-state index in [0.29, 0.717) is 11.3 Å². The van der Waals surface area contributed by atoms with Crippen molar-refractivity contribution < 1.29 is 14.3 Å². The Morgan fingerprint density at radius 2 is 2.25 bits per heavy atom. The molecule has 0 bridgehead atoms. The van der Waals surface area contributed by atoms with Crippen LogP contribution in [-0.4, -0.2) is 30.0 Å². The molecule has 1 aromatic heterocycles. The van der Waals surface area contributed by atoms with Crippen molar-refractivity contribution in [3.63, 3.8) is 0 Å². The van der Waals surface area contributed by atoms with Crippen LogP contribution in [-0.2, 0) is 14.3 Å². The normalized spacial score (nSPS) is 15.3. The third kappa shape index (κ3) is 3.73. The van der Waals surface area contributed by atoms with Crippen molar-refractivity contribution in [1.29, 1.82) is 5.26 Å². The predicted octanol–water partition coefficient (Wildman–Crippen LogP) is 1.80. The van der Waals surface area contributed by atoms with Gasteiger partial charge in [0.25, 0.3) is 5.91 Å². The number of hydrogen-bond acceptors (Lipinski definition) is 6. The molecule has 28 heavy (non-hydrogen) atoms. The molecule has 0 fully saturated rings. The summed E-state index contributed by atoms with van der Waals surface area (Å²) in [6.45, 7) is 5.08. The molecule has 2 N–H and O–H groups in total. The number of rotatable bonds is 5. The zero-order valence-corrected chi connectivity index (χ0v) is 15.2. The van der Waals surface area contributed by atoms with Crippen molar-refractivity contribution in [2.75, 3.05) is 13.2 Å². The number of esters is 1. The number of nitrogens with one attached hydrogen (secondary N) is 2. The van der Waals surface area contributed by atoms with Gasteiger partial charge in [0.1, 0.15) is 36.0 Å². The minimum atomic E-state index is -0.567. The van der Waals surface area contributed by atoms with Crippen molar-refractivity contribution >= 4 is 23.1 Å². The fraction of sp³-hybridized carbons (Fsp3) is 0.143. The van der Waals surface area contributed by atoms with Crippen LogP contribution in [0.3, 0.4) is 0 Å². The monoisotopic (exact) mass is 373 g/mol. The molecule has 0 unspecified atom stereocenters. The SMILES string of the molecule is C=C(C)C(=O)OCCNC(=O)/C(C#N)=C1/NC2=C(C=C[C+]=C2)c2cnccc21. The molecule has 0 saturated heterocycles. The number of hydrogen-bond donors (Lipinski definition) is 2. The summed E-state index contributed by atoms with van der Waals surface area (Å²) in [6, 6.07) is 3.71. The summed E-state index contributed by atoms with van der Waals surface area (Å²) < 4.78 is 4.94. The molecule has 0 atom stereocenters. The lowest BCUT2D eigenvalue weighted by Gasteiger charge is -2.21. The molecule has 138 valence electrons. The minimum absolute atomic E-state index is 0.0167. The summed E-state index contributed by atoms with van der Waals surface area (Å²) in [7, 11) is 0. The summed E-state index contributed by atoms with van der Waals surface area (Å²) in [4.78, 5) is 28.1. The highest BCUT2D eigenvalue weighted by Gasteiger charge is 2.30. The molecule has 2 aliphatic rings. The quantitative estimate of drug-likeness (QED) is 0.268.